The normalized spacial score (nSPS) is 20.8. The molecule has 1 fully saturated rings. The number of amides is 1. The maximum absolute atomic E-state index is 11.8. The summed E-state index contributed by atoms with van der Waals surface area (Å²) in [6.07, 6.45) is 0.816. The molecule has 0 saturated carbocycles. The highest BCUT2D eigenvalue weighted by molar-refractivity contribution is 9.10. The molecule has 18 heavy (non-hydrogen) atoms. The fourth-order valence-corrected chi connectivity index (χ4v) is 2.85. The number of nitrogens with zero attached hydrogens (tertiary/aromatic N) is 1. The molecular formula is C13H18BrN3O. The molecule has 0 spiro atoms. The molecule has 1 saturated heterocycles. The van der Waals surface area contributed by atoms with Gasteiger partial charge in [0.25, 0.3) is 0 Å². The predicted molar refractivity (Wildman–Crippen MR) is 76.1 cm³/mol. The van der Waals surface area contributed by atoms with Gasteiger partial charge in [0.1, 0.15) is 0 Å². The monoisotopic (exact) mass is 311 g/mol. The molecule has 1 amide bonds. The quantitative estimate of drug-likeness (QED) is 0.836. The number of anilines is 1. The van der Waals surface area contributed by atoms with Crippen LogP contribution in [0.25, 0.3) is 0 Å². The van der Waals surface area contributed by atoms with Crippen molar-refractivity contribution in [2.24, 2.45) is 0 Å². The minimum absolute atomic E-state index is 0.0507. The topological polar surface area (TPSA) is 58.4 Å². The molecule has 1 aliphatic rings. The highest BCUT2D eigenvalue weighted by atomic mass is 79.9. The fraction of sp³-hybridized carbons (Fsp3) is 0.462. The first-order valence-corrected chi connectivity index (χ1v) is 6.97. The van der Waals surface area contributed by atoms with E-state index in [0.29, 0.717) is 13.1 Å². The number of carbonyl (C=O) groups excluding carboxylic acids is 1. The van der Waals surface area contributed by atoms with Crippen molar-refractivity contribution in [2.75, 3.05) is 18.8 Å². The van der Waals surface area contributed by atoms with Crippen LogP contribution < -0.4 is 11.1 Å². The van der Waals surface area contributed by atoms with E-state index in [-0.39, 0.29) is 11.9 Å². The first-order valence-electron chi connectivity index (χ1n) is 6.18. The zero-order chi connectivity index (χ0) is 13.1. The van der Waals surface area contributed by atoms with E-state index in [1.165, 1.54) is 0 Å². The second kappa shape index (κ2) is 5.71. The number of piperazine rings is 1. The van der Waals surface area contributed by atoms with Crippen molar-refractivity contribution < 1.29 is 4.79 Å². The standard InChI is InChI=1S/C13H18BrN3O/c1-2-12-13(18)16-6-7-17(12)8-9-10(14)4-3-5-11(9)15/h3-5,12H,2,6-8,15H2,1H3,(H,16,18). The van der Waals surface area contributed by atoms with E-state index < -0.39 is 0 Å². The van der Waals surface area contributed by atoms with Gasteiger partial charge in [0.15, 0.2) is 0 Å². The van der Waals surface area contributed by atoms with E-state index in [1.54, 1.807) is 0 Å². The lowest BCUT2D eigenvalue weighted by Gasteiger charge is -2.34. The molecule has 0 aromatic heterocycles. The van der Waals surface area contributed by atoms with E-state index in [9.17, 15) is 4.79 Å². The lowest BCUT2D eigenvalue weighted by atomic mass is 10.1. The summed E-state index contributed by atoms with van der Waals surface area (Å²) in [6.45, 7) is 4.32. The summed E-state index contributed by atoms with van der Waals surface area (Å²) >= 11 is 3.52. The van der Waals surface area contributed by atoms with Crippen molar-refractivity contribution in [3.63, 3.8) is 0 Å². The molecule has 0 bridgehead atoms. The minimum Gasteiger partial charge on any atom is -0.398 e. The van der Waals surface area contributed by atoms with E-state index in [2.05, 4.69) is 26.1 Å². The molecule has 2 rings (SSSR count). The molecule has 5 heteroatoms. The van der Waals surface area contributed by atoms with Gasteiger partial charge in [-0.05, 0) is 18.6 Å². The number of carbonyl (C=O) groups is 1. The number of hydrogen-bond acceptors (Lipinski definition) is 3. The lowest BCUT2D eigenvalue weighted by molar-refractivity contribution is -0.129. The van der Waals surface area contributed by atoms with Gasteiger partial charge in [-0.15, -0.1) is 0 Å². The summed E-state index contributed by atoms with van der Waals surface area (Å²) in [4.78, 5) is 14.0. The van der Waals surface area contributed by atoms with Crippen LogP contribution in [0, 0.1) is 0 Å². The van der Waals surface area contributed by atoms with Gasteiger partial charge in [-0.1, -0.05) is 28.9 Å². The van der Waals surface area contributed by atoms with Crippen LogP contribution in [0.1, 0.15) is 18.9 Å². The van der Waals surface area contributed by atoms with E-state index in [1.807, 2.05) is 25.1 Å². The Balaban J connectivity index is 2.19. The lowest BCUT2D eigenvalue weighted by Crippen LogP contribution is -2.54. The smallest absolute Gasteiger partial charge is 0.237 e. The molecule has 0 aliphatic carbocycles. The third kappa shape index (κ3) is 2.67. The Morgan fingerprint density at radius 3 is 3.00 bits per heavy atom. The highest BCUT2D eigenvalue weighted by Crippen LogP contribution is 2.25. The third-order valence-electron chi connectivity index (χ3n) is 3.34. The van der Waals surface area contributed by atoms with Crippen molar-refractivity contribution in [3.05, 3.63) is 28.2 Å². The summed E-state index contributed by atoms with van der Waals surface area (Å²) in [7, 11) is 0. The van der Waals surface area contributed by atoms with E-state index in [0.717, 1.165) is 28.7 Å². The second-order valence-electron chi connectivity index (χ2n) is 4.49. The number of rotatable bonds is 3. The molecule has 1 aliphatic heterocycles. The molecule has 1 unspecified atom stereocenters. The minimum atomic E-state index is -0.0507. The Labute approximate surface area is 116 Å². The summed E-state index contributed by atoms with van der Waals surface area (Å²) in [5.41, 5.74) is 7.83. The third-order valence-corrected chi connectivity index (χ3v) is 4.09. The highest BCUT2D eigenvalue weighted by Gasteiger charge is 2.28. The Morgan fingerprint density at radius 2 is 2.33 bits per heavy atom. The number of halogens is 1. The first-order chi connectivity index (χ1) is 8.63. The number of nitrogens with one attached hydrogen (secondary N) is 1. The van der Waals surface area contributed by atoms with E-state index >= 15 is 0 Å². The molecule has 1 aromatic rings. The van der Waals surface area contributed by atoms with Crippen LogP contribution in [0.15, 0.2) is 22.7 Å². The first kappa shape index (κ1) is 13.4. The van der Waals surface area contributed by atoms with Crippen molar-refractivity contribution >= 4 is 27.5 Å². The molecule has 4 nitrogen and oxygen atoms in total. The van der Waals surface area contributed by atoms with Crippen molar-refractivity contribution in [1.29, 1.82) is 0 Å². The van der Waals surface area contributed by atoms with Gasteiger partial charge >= 0.3 is 0 Å². The average molecular weight is 312 g/mol. The van der Waals surface area contributed by atoms with Crippen molar-refractivity contribution in [2.45, 2.75) is 25.9 Å². The Hall–Kier alpha value is -1.07. The maximum atomic E-state index is 11.8. The van der Waals surface area contributed by atoms with E-state index in [4.69, 9.17) is 5.73 Å². The number of benzene rings is 1. The SMILES string of the molecule is CCC1C(=O)NCCN1Cc1c(N)cccc1Br. The van der Waals surface area contributed by atoms with Crippen molar-refractivity contribution in [1.82, 2.24) is 10.2 Å². The van der Waals surface area contributed by atoms with Gasteiger partial charge in [-0.2, -0.15) is 0 Å². The molecule has 1 atom stereocenters. The number of hydrogen-bond donors (Lipinski definition) is 2. The second-order valence-corrected chi connectivity index (χ2v) is 5.35. The molecule has 0 radical (unpaired) electrons. The molecule has 98 valence electrons. The van der Waals surface area contributed by atoms with Gasteiger partial charge in [-0.25, -0.2) is 0 Å². The van der Waals surface area contributed by atoms with Gasteiger partial charge in [-0.3, -0.25) is 9.69 Å². The zero-order valence-electron chi connectivity index (χ0n) is 10.4. The molecule has 1 heterocycles. The number of nitrogen functional groups attached to an aromatic ring is 1. The van der Waals surface area contributed by atoms with Crippen LogP contribution in [0.4, 0.5) is 5.69 Å². The average Bonchev–Trinajstić information content (AvgIpc) is 2.34. The van der Waals surface area contributed by atoms with Crippen molar-refractivity contribution in [3.8, 4) is 0 Å². The van der Waals surface area contributed by atoms with Gasteiger partial charge < -0.3 is 11.1 Å². The predicted octanol–water partition coefficient (Wildman–Crippen LogP) is 1.74. The zero-order valence-corrected chi connectivity index (χ0v) is 12.0. The summed E-state index contributed by atoms with van der Waals surface area (Å²) in [6, 6.07) is 5.75. The Kier molecular flexibility index (Phi) is 4.24. The van der Waals surface area contributed by atoms with Gasteiger partial charge in [0, 0.05) is 35.4 Å². The van der Waals surface area contributed by atoms with Crippen LogP contribution in [0.5, 0.6) is 0 Å². The van der Waals surface area contributed by atoms with Crippen LogP contribution in [0.2, 0.25) is 0 Å². The Bertz CT molecular complexity index is 430. The van der Waals surface area contributed by atoms with Gasteiger partial charge in [0.05, 0.1) is 6.04 Å². The number of nitrogens with two attached hydrogens (primary N) is 1. The van der Waals surface area contributed by atoms with Crippen LogP contribution >= 0.6 is 15.9 Å². The molecule has 3 N–H and O–H groups in total. The van der Waals surface area contributed by atoms with Gasteiger partial charge in [0.2, 0.25) is 5.91 Å². The maximum Gasteiger partial charge on any atom is 0.237 e. The van der Waals surface area contributed by atoms with Crippen LogP contribution in [-0.2, 0) is 11.3 Å². The summed E-state index contributed by atoms with van der Waals surface area (Å²) in [5, 5.41) is 2.90. The summed E-state index contributed by atoms with van der Waals surface area (Å²) < 4.78 is 1.00. The molecular weight excluding hydrogens is 294 g/mol. The Morgan fingerprint density at radius 1 is 1.56 bits per heavy atom. The van der Waals surface area contributed by atoms with Crippen LogP contribution in [-0.4, -0.2) is 29.9 Å². The summed E-state index contributed by atoms with van der Waals surface area (Å²) in [5.74, 6) is 0.120. The van der Waals surface area contributed by atoms with Crippen LogP contribution in [0.3, 0.4) is 0 Å². The fourth-order valence-electron chi connectivity index (χ4n) is 2.34. The largest absolute Gasteiger partial charge is 0.398 e. The molecule has 1 aromatic carbocycles.